The number of nitrogens with zero attached hydrogens (tertiary/aromatic N) is 1. The van der Waals surface area contributed by atoms with Gasteiger partial charge in [0.25, 0.3) is 0 Å². The predicted molar refractivity (Wildman–Crippen MR) is 77.5 cm³/mol. The Bertz CT molecular complexity index is 435. The summed E-state index contributed by atoms with van der Waals surface area (Å²) in [5.41, 5.74) is 0.776. The van der Waals surface area contributed by atoms with Gasteiger partial charge in [0.2, 0.25) is 5.91 Å². The molecule has 0 bridgehead atoms. The molecular weight excluding hydrogens is 254 g/mol. The SMILES string of the molecule is CCOCC(=O)N1CCC[C@](CO)(c2ccccc2)C1. The molecule has 0 aliphatic carbocycles. The fourth-order valence-corrected chi connectivity index (χ4v) is 2.87. The fraction of sp³-hybridized carbons (Fsp3) is 0.562. The second-order valence-corrected chi connectivity index (χ2v) is 5.36. The van der Waals surface area contributed by atoms with E-state index in [2.05, 4.69) is 0 Å². The van der Waals surface area contributed by atoms with E-state index in [1.54, 1.807) is 0 Å². The van der Waals surface area contributed by atoms with E-state index in [1.165, 1.54) is 0 Å². The van der Waals surface area contributed by atoms with Crippen molar-refractivity contribution in [3.8, 4) is 0 Å². The number of benzene rings is 1. The molecule has 1 aliphatic heterocycles. The lowest BCUT2D eigenvalue weighted by Crippen LogP contribution is -2.51. The first-order valence-corrected chi connectivity index (χ1v) is 7.24. The average Bonchev–Trinajstić information content (AvgIpc) is 2.53. The van der Waals surface area contributed by atoms with E-state index in [-0.39, 0.29) is 24.5 Å². The highest BCUT2D eigenvalue weighted by molar-refractivity contribution is 5.77. The molecule has 1 atom stereocenters. The molecule has 1 saturated heterocycles. The largest absolute Gasteiger partial charge is 0.395 e. The number of aliphatic hydroxyl groups is 1. The number of hydrogen-bond acceptors (Lipinski definition) is 3. The van der Waals surface area contributed by atoms with Crippen molar-refractivity contribution in [2.75, 3.05) is 32.9 Å². The third kappa shape index (κ3) is 3.19. The Balaban J connectivity index is 2.13. The zero-order valence-electron chi connectivity index (χ0n) is 12.0. The smallest absolute Gasteiger partial charge is 0.248 e. The number of rotatable bonds is 5. The molecule has 0 unspecified atom stereocenters. The molecule has 0 saturated carbocycles. The Labute approximate surface area is 120 Å². The molecule has 20 heavy (non-hydrogen) atoms. The highest BCUT2D eigenvalue weighted by atomic mass is 16.5. The van der Waals surface area contributed by atoms with Crippen molar-refractivity contribution in [2.24, 2.45) is 0 Å². The van der Waals surface area contributed by atoms with Crippen LogP contribution in [0.1, 0.15) is 25.3 Å². The van der Waals surface area contributed by atoms with Gasteiger partial charge < -0.3 is 14.7 Å². The van der Waals surface area contributed by atoms with Crippen LogP contribution in [0.4, 0.5) is 0 Å². The molecule has 0 radical (unpaired) electrons. The van der Waals surface area contributed by atoms with Gasteiger partial charge in [0.15, 0.2) is 0 Å². The van der Waals surface area contributed by atoms with Crippen LogP contribution in [0.5, 0.6) is 0 Å². The molecule has 0 spiro atoms. The lowest BCUT2D eigenvalue weighted by molar-refractivity contribution is -0.138. The van der Waals surface area contributed by atoms with Crippen molar-refractivity contribution in [1.29, 1.82) is 0 Å². The molecule has 1 aliphatic rings. The Hall–Kier alpha value is -1.39. The maximum Gasteiger partial charge on any atom is 0.248 e. The first-order chi connectivity index (χ1) is 9.72. The van der Waals surface area contributed by atoms with E-state index >= 15 is 0 Å². The zero-order chi connectivity index (χ0) is 14.4. The highest BCUT2D eigenvalue weighted by Crippen LogP contribution is 2.33. The third-order valence-corrected chi connectivity index (χ3v) is 4.05. The maximum absolute atomic E-state index is 12.1. The summed E-state index contributed by atoms with van der Waals surface area (Å²) in [6, 6.07) is 10.00. The van der Waals surface area contributed by atoms with Gasteiger partial charge >= 0.3 is 0 Å². The van der Waals surface area contributed by atoms with E-state index in [9.17, 15) is 9.90 Å². The molecule has 1 heterocycles. The number of carbonyl (C=O) groups is 1. The summed E-state index contributed by atoms with van der Waals surface area (Å²) in [5.74, 6) is 0.0142. The summed E-state index contributed by atoms with van der Waals surface area (Å²) in [6.07, 6.45) is 1.82. The molecule has 1 aromatic carbocycles. The zero-order valence-corrected chi connectivity index (χ0v) is 12.0. The number of amides is 1. The lowest BCUT2D eigenvalue weighted by Gasteiger charge is -2.42. The van der Waals surface area contributed by atoms with Gasteiger partial charge in [-0.3, -0.25) is 4.79 Å². The molecule has 0 aromatic heterocycles. The number of likely N-dealkylation sites (tertiary alicyclic amines) is 1. The third-order valence-electron chi connectivity index (χ3n) is 4.05. The van der Waals surface area contributed by atoms with Crippen molar-refractivity contribution in [1.82, 2.24) is 4.90 Å². The van der Waals surface area contributed by atoms with Gasteiger partial charge in [0, 0.05) is 25.1 Å². The molecule has 2 rings (SSSR count). The molecule has 4 heteroatoms. The minimum Gasteiger partial charge on any atom is -0.395 e. The van der Waals surface area contributed by atoms with Crippen LogP contribution < -0.4 is 0 Å². The van der Waals surface area contributed by atoms with Crippen LogP contribution in [0.2, 0.25) is 0 Å². The van der Waals surface area contributed by atoms with E-state index < -0.39 is 0 Å². The van der Waals surface area contributed by atoms with Gasteiger partial charge in [-0.2, -0.15) is 0 Å². The molecule has 1 amide bonds. The Morgan fingerprint density at radius 3 is 2.80 bits per heavy atom. The van der Waals surface area contributed by atoms with E-state index in [0.717, 1.165) is 24.9 Å². The van der Waals surface area contributed by atoms with Crippen LogP contribution in [0, 0.1) is 0 Å². The predicted octanol–water partition coefficient (Wildman–Crippen LogP) is 1.58. The van der Waals surface area contributed by atoms with Gasteiger partial charge in [0.1, 0.15) is 6.61 Å². The summed E-state index contributed by atoms with van der Waals surface area (Å²) < 4.78 is 5.20. The summed E-state index contributed by atoms with van der Waals surface area (Å²) in [5, 5.41) is 9.90. The standard InChI is InChI=1S/C16H23NO3/c1-2-20-11-15(19)17-10-6-9-16(12-17,13-18)14-7-4-3-5-8-14/h3-5,7-8,18H,2,6,9-13H2,1H3/t16-/m0/s1. The van der Waals surface area contributed by atoms with Crippen LogP contribution in [-0.2, 0) is 14.9 Å². The van der Waals surface area contributed by atoms with Crippen molar-refractivity contribution in [2.45, 2.75) is 25.2 Å². The Morgan fingerprint density at radius 1 is 1.40 bits per heavy atom. The number of piperidine rings is 1. The topological polar surface area (TPSA) is 49.8 Å². The first-order valence-electron chi connectivity index (χ1n) is 7.24. The van der Waals surface area contributed by atoms with Crippen molar-refractivity contribution < 1.29 is 14.6 Å². The summed E-state index contributed by atoms with van der Waals surface area (Å²) >= 11 is 0. The van der Waals surface area contributed by atoms with Gasteiger partial charge in [-0.15, -0.1) is 0 Å². The molecule has 1 fully saturated rings. The minimum absolute atomic E-state index is 0.0142. The van der Waals surface area contributed by atoms with Crippen LogP contribution in [0.3, 0.4) is 0 Å². The van der Waals surface area contributed by atoms with Crippen molar-refractivity contribution in [3.05, 3.63) is 35.9 Å². The van der Waals surface area contributed by atoms with Gasteiger partial charge in [-0.05, 0) is 25.3 Å². The molecule has 1 N–H and O–H groups in total. The molecule has 110 valence electrons. The second-order valence-electron chi connectivity index (χ2n) is 5.36. The Kier molecular flexibility index (Phi) is 5.15. The van der Waals surface area contributed by atoms with E-state index in [1.807, 2.05) is 42.2 Å². The van der Waals surface area contributed by atoms with Crippen LogP contribution >= 0.6 is 0 Å². The van der Waals surface area contributed by atoms with E-state index in [0.29, 0.717) is 13.2 Å². The van der Waals surface area contributed by atoms with Crippen molar-refractivity contribution in [3.63, 3.8) is 0 Å². The van der Waals surface area contributed by atoms with Crippen LogP contribution in [0.15, 0.2) is 30.3 Å². The van der Waals surface area contributed by atoms with Crippen LogP contribution in [0.25, 0.3) is 0 Å². The molecule has 4 nitrogen and oxygen atoms in total. The van der Waals surface area contributed by atoms with Crippen molar-refractivity contribution >= 4 is 5.91 Å². The second kappa shape index (κ2) is 6.86. The highest BCUT2D eigenvalue weighted by Gasteiger charge is 2.38. The Morgan fingerprint density at radius 2 is 2.15 bits per heavy atom. The summed E-state index contributed by atoms with van der Waals surface area (Å²) in [6.45, 7) is 3.94. The maximum atomic E-state index is 12.1. The quantitative estimate of drug-likeness (QED) is 0.889. The monoisotopic (exact) mass is 277 g/mol. The summed E-state index contributed by atoms with van der Waals surface area (Å²) in [7, 11) is 0. The van der Waals surface area contributed by atoms with Gasteiger partial charge in [0.05, 0.1) is 6.61 Å². The number of hydrogen-bond donors (Lipinski definition) is 1. The number of carbonyl (C=O) groups excluding carboxylic acids is 1. The fourth-order valence-electron chi connectivity index (χ4n) is 2.87. The average molecular weight is 277 g/mol. The first kappa shape index (κ1) is 15.0. The minimum atomic E-state index is -0.332. The van der Waals surface area contributed by atoms with Gasteiger partial charge in [-0.25, -0.2) is 0 Å². The van der Waals surface area contributed by atoms with E-state index in [4.69, 9.17) is 4.74 Å². The van der Waals surface area contributed by atoms with Gasteiger partial charge in [-0.1, -0.05) is 30.3 Å². The van der Waals surface area contributed by atoms with Crippen LogP contribution in [-0.4, -0.2) is 48.8 Å². The number of ether oxygens (including phenoxy) is 1. The molecular formula is C16H23NO3. The molecule has 1 aromatic rings. The summed E-state index contributed by atoms with van der Waals surface area (Å²) in [4.78, 5) is 13.9. The lowest BCUT2D eigenvalue weighted by atomic mass is 9.75. The number of aliphatic hydroxyl groups excluding tert-OH is 1. The normalized spacial score (nSPS) is 22.8.